The van der Waals surface area contributed by atoms with Gasteiger partial charge in [0.25, 0.3) is 10.0 Å². The number of hydrogen-bond donors (Lipinski definition) is 1. The first-order chi connectivity index (χ1) is 12.3. The Labute approximate surface area is 153 Å². The van der Waals surface area contributed by atoms with Crippen molar-refractivity contribution in [2.24, 2.45) is 0 Å². The maximum Gasteiger partial charge on any atom is 0.261 e. The molecule has 1 aromatic carbocycles. The van der Waals surface area contributed by atoms with Gasteiger partial charge >= 0.3 is 0 Å². The third kappa shape index (κ3) is 4.57. The zero-order chi connectivity index (χ0) is 19.2. The third-order valence-corrected chi connectivity index (χ3v) is 6.61. The zero-order valence-electron chi connectivity index (χ0n) is 13.9. The van der Waals surface area contributed by atoms with E-state index in [9.17, 15) is 16.8 Å². The highest BCUT2D eigenvalue weighted by Gasteiger charge is 2.23. The number of nitrogens with zero attached hydrogens (tertiary/aromatic N) is 2. The zero-order valence-corrected chi connectivity index (χ0v) is 15.6. The highest BCUT2D eigenvalue weighted by Crippen LogP contribution is 2.20. The molecule has 0 aliphatic rings. The van der Waals surface area contributed by atoms with Crippen LogP contribution >= 0.6 is 0 Å². The molecule has 1 N–H and O–H groups in total. The highest BCUT2D eigenvalue weighted by atomic mass is 32.2. The average Bonchev–Trinajstić information content (AvgIpc) is 2.62. The molecular formula is C17H19N3O4S2. The Morgan fingerprint density at radius 3 is 1.88 bits per heavy atom. The topological polar surface area (TPSA) is 96.4 Å². The highest BCUT2D eigenvalue weighted by molar-refractivity contribution is 7.92. The van der Waals surface area contributed by atoms with E-state index in [-0.39, 0.29) is 22.9 Å². The van der Waals surface area contributed by atoms with Crippen LogP contribution in [0.1, 0.15) is 0 Å². The van der Waals surface area contributed by atoms with E-state index in [0.29, 0.717) is 5.69 Å². The largest absolute Gasteiger partial charge is 0.280 e. The molecule has 0 saturated heterocycles. The van der Waals surface area contributed by atoms with Crippen molar-refractivity contribution in [2.45, 2.75) is 9.79 Å². The van der Waals surface area contributed by atoms with E-state index < -0.39 is 20.0 Å². The summed E-state index contributed by atoms with van der Waals surface area (Å²) in [5.41, 5.74) is 0.361. The minimum atomic E-state index is -3.83. The van der Waals surface area contributed by atoms with E-state index in [2.05, 4.69) is 22.9 Å². The molecule has 0 bridgehead atoms. The van der Waals surface area contributed by atoms with Crippen molar-refractivity contribution >= 4 is 25.7 Å². The first-order valence-electron chi connectivity index (χ1n) is 7.56. The molecule has 0 aliphatic heterocycles. The summed E-state index contributed by atoms with van der Waals surface area (Å²) in [7, 11) is -7.61. The molecule has 138 valence electrons. The smallest absolute Gasteiger partial charge is 0.261 e. The molecule has 1 aromatic heterocycles. The van der Waals surface area contributed by atoms with E-state index in [1.807, 2.05) is 0 Å². The molecule has 0 saturated carbocycles. The van der Waals surface area contributed by atoms with Crippen LogP contribution in [-0.4, -0.2) is 39.2 Å². The van der Waals surface area contributed by atoms with Crippen LogP contribution in [0.25, 0.3) is 0 Å². The summed E-state index contributed by atoms with van der Waals surface area (Å²) in [6.45, 7) is 7.33. The van der Waals surface area contributed by atoms with Gasteiger partial charge in [0.15, 0.2) is 0 Å². The fraction of sp³-hybridized carbons (Fsp3) is 0.118. The number of aromatic nitrogens is 1. The van der Waals surface area contributed by atoms with Gasteiger partial charge in [0.1, 0.15) is 0 Å². The van der Waals surface area contributed by atoms with Gasteiger partial charge in [-0.3, -0.25) is 9.71 Å². The predicted octanol–water partition coefficient (Wildman–Crippen LogP) is 2.25. The van der Waals surface area contributed by atoms with E-state index in [4.69, 9.17) is 0 Å². The molecule has 0 atom stereocenters. The van der Waals surface area contributed by atoms with Crippen molar-refractivity contribution in [3.63, 3.8) is 0 Å². The quantitative estimate of drug-likeness (QED) is 0.659. The SMILES string of the molecule is C=CCN(CC=C)S(=O)(=O)c1ccc(S(=O)(=O)Nc2ccncc2)cc1. The Morgan fingerprint density at radius 2 is 1.38 bits per heavy atom. The number of hydrogen-bond acceptors (Lipinski definition) is 5. The van der Waals surface area contributed by atoms with Crippen molar-refractivity contribution < 1.29 is 16.8 Å². The standard InChI is InChI=1S/C17H19N3O4S2/c1-3-13-20(14-4-2)26(23,24)17-7-5-16(6-8-17)25(21,22)19-15-9-11-18-12-10-15/h3-12H,1-2,13-14H2,(H,18,19). The molecule has 0 amide bonds. The van der Waals surface area contributed by atoms with Crippen LogP contribution in [-0.2, 0) is 20.0 Å². The number of sulfonamides is 2. The van der Waals surface area contributed by atoms with E-state index in [1.165, 1.54) is 65.2 Å². The summed E-state index contributed by atoms with van der Waals surface area (Å²) < 4.78 is 53.6. The van der Waals surface area contributed by atoms with Gasteiger partial charge < -0.3 is 0 Å². The van der Waals surface area contributed by atoms with Gasteiger partial charge in [-0.25, -0.2) is 16.8 Å². The lowest BCUT2D eigenvalue weighted by atomic mass is 10.4. The third-order valence-electron chi connectivity index (χ3n) is 3.37. The number of nitrogens with one attached hydrogen (secondary N) is 1. The van der Waals surface area contributed by atoms with Crippen LogP contribution in [0.2, 0.25) is 0 Å². The Hall–Kier alpha value is -2.49. The second-order valence-electron chi connectivity index (χ2n) is 5.21. The summed E-state index contributed by atoms with van der Waals surface area (Å²) >= 11 is 0. The van der Waals surface area contributed by atoms with Gasteiger partial charge in [0.05, 0.1) is 15.5 Å². The van der Waals surface area contributed by atoms with E-state index in [1.54, 1.807) is 0 Å². The number of pyridine rings is 1. The molecule has 1 heterocycles. The monoisotopic (exact) mass is 393 g/mol. The molecule has 0 unspecified atom stereocenters. The molecule has 2 rings (SSSR count). The lowest BCUT2D eigenvalue weighted by molar-refractivity contribution is 0.474. The van der Waals surface area contributed by atoms with Gasteiger partial charge in [-0.15, -0.1) is 13.2 Å². The van der Waals surface area contributed by atoms with Crippen LogP contribution in [0.15, 0.2) is 83.9 Å². The van der Waals surface area contributed by atoms with Crippen molar-refractivity contribution in [2.75, 3.05) is 17.8 Å². The summed E-state index contributed by atoms with van der Waals surface area (Å²) in [5, 5.41) is 0. The summed E-state index contributed by atoms with van der Waals surface area (Å²) in [6.07, 6.45) is 5.86. The summed E-state index contributed by atoms with van der Waals surface area (Å²) in [4.78, 5) is 3.75. The molecule has 26 heavy (non-hydrogen) atoms. The first-order valence-corrected chi connectivity index (χ1v) is 10.5. The Kier molecular flexibility index (Phi) is 6.30. The second kappa shape index (κ2) is 8.26. The van der Waals surface area contributed by atoms with Gasteiger partial charge in [-0.2, -0.15) is 4.31 Å². The molecule has 2 aromatic rings. The van der Waals surface area contributed by atoms with Crippen LogP contribution in [0.3, 0.4) is 0 Å². The summed E-state index contributed by atoms with van der Waals surface area (Å²) in [6, 6.07) is 8.04. The second-order valence-corrected chi connectivity index (χ2v) is 8.83. The maximum atomic E-state index is 12.6. The molecule has 0 fully saturated rings. The molecular weight excluding hydrogens is 374 g/mol. The number of benzene rings is 1. The molecule has 0 radical (unpaired) electrons. The minimum Gasteiger partial charge on any atom is -0.280 e. The number of rotatable bonds is 9. The molecule has 0 aliphatic carbocycles. The minimum absolute atomic E-state index is 0.0101. The van der Waals surface area contributed by atoms with Crippen molar-refractivity contribution in [1.29, 1.82) is 0 Å². The van der Waals surface area contributed by atoms with Gasteiger partial charge in [0.2, 0.25) is 10.0 Å². The first kappa shape index (κ1) is 19.8. The Balaban J connectivity index is 2.29. The Bertz CT molecular complexity index is 960. The van der Waals surface area contributed by atoms with Gasteiger partial charge in [0, 0.05) is 25.5 Å². The number of anilines is 1. The molecule has 7 nitrogen and oxygen atoms in total. The molecule has 9 heteroatoms. The average molecular weight is 393 g/mol. The molecule has 0 spiro atoms. The van der Waals surface area contributed by atoms with Gasteiger partial charge in [-0.05, 0) is 36.4 Å². The predicted molar refractivity (Wildman–Crippen MR) is 101 cm³/mol. The van der Waals surface area contributed by atoms with Crippen LogP contribution in [0.5, 0.6) is 0 Å². The fourth-order valence-corrected chi connectivity index (χ4v) is 4.57. The van der Waals surface area contributed by atoms with Crippen LogP contribution in [0.4, 0.5) is 5.69 Å². The lowest BCUT2D eigenvalue weighted by Gasteiger charge is -2.19. The summed E-state index contributed by atoms with van der Waals surface area (Å²) in [5.74, 6) is 0. The van der Waals surface area contributed by atoms with E-state index in [0.717, 1.165) is 0 Å². The van der Waals surface area contributed by atoms with Crippen molar-refractivity contribution in [1.82, 2.24) is 9.29 Å². The lowest BCUT2D eigenvalue weighted by Crippen LogP contribution is -2.31. The fourth-order valence-electron chi connectivity index (χ4n) is 2.13. The van der Waals surface area contributed by atoms with Crippen LogP contribution < -0.4 is 4.72 Å². The van der Waals surface area contributed by atoms with Crippen molar-refractivity contribution in [3.05, 3.63) is 74.1 Å². The van der Waals surface area contributed by atoms with E-state index >= 15 is 0 Å². The van der Waals surface area contributed by atoms with Crippen molar-refractivity contribution in [3.8, 4) is 0 Å². The maximum absolute atomic E-state index is 12.6. The Morgan fingerprint density at radius 1 is 0.885 bits per heavy atom. The van der Waals surface area contributed by atoms with Crippen LogP contribution in [0, 0.1) is 0 Å². The normalized spacial score (nSPS) is 11.9. The van der Waals surface area contributed by atoms with Gasteiger partial charge in [-0.1, -0.05) is 12.2 Å².